The molecule has 0 aliphatic rings. The average Bonchev–Trinajstić information content (AvgIpc) is 3.07. The molecular weight excluding hydrogens is 336 g/mol. The van der Waals surface area contributed by atoms with Crippen molar-refractivity contribution in [1.82, 2.24) is 15.1 Å². The molecule has 2 amide bonds. The number of thiophene rings is 1. The van der Waals surface area contributed by atoms with Crippen LogP contribution in [-0.4, -0.2) is 28.6 Å². The minimum Gasteiger partial charge on any atom is -0.354 e. The summed E-state index contributed by atoms with van der Waals surface area (Å²) in [6, 6.07) is 7.53. The van der Waals surface area contributed by atoms with Crippen LogP contribution < -0.4 is 10.6 Å². The molecule has 118 valence electrons. The van der Waals surface area contributed by atoms with Crippen LogP contribution in [-0.2, 0) is 7.05 Å². The maximum absolute atomic E-state index is 12.5. The molecule has 0 radical (unpaired) electrons. The van der Waals surface area contributed by atoms with E-state index in [1.165, 1.54) is 23.1 Å². The number of hydrogen-bond acceptors (Lipinski definition) is 4. The molecule has 2 aromatic heterocycles. The van der Waals surface area contributed by atoms with Gasteiger partial charge < -0.3 is 10.6 Å². The zero-order valence-electron chi connectivity index (χ0n) is 12.4. The summed E-state index contributed by atoms with van der Waals surface area (Å²) in [4.78, 5) is 24.7. The van der Waals surface area contributed by atoms with Crippen molar-refractivity contribution >= 4 is 50.5 Å². The van der Waals surface area contributed by atoms with Crippen LogP contribution in [0.5, 0.6) is 0 Å². The lowest BCUT2D eigenvalue weighted by Crippen LogP contribution is -2.21. The number of carbonyl (C=O) groups is 2. The third kappa shape index (κ3) is 2.80. The number of nitrogens with zero attached hydrogens (tertiary/aromatic N) is 2. The zero-order chi connectivity index (χ0) is 16.6. The van der Waals surface area contributed by atoms with Crippen LogP contribution in [0.1, 0.15) is 20.2 Å². The zero-order valence-corrected chi connectivity index (χ0v) is 14.0. The van der Waals surface area contributed by atoms with Crippen LogP contribution in [0.15, 0.2) is 30.5 Å². The molecule has 0 saturated carbocycles. The van der Waals surface area contributed by atoms with Crippen LogP contribution in [0.4, 0.5) is 5.69 Å². The normalized spacial score (nSPS) is 10.7. The fraction of sp³-hybridized carbons (Fsp3) is 0.133. The Labute approximate surface area is 141 Å². The number of rotatable bonds is 3. The van der Waals surface area contributed by atoms with Gasteiger partial charge in [-0.15, -0.1) is 11.3 Å². The van der Waals surface area contributed by atoms with Gasteiger partial charge in [0.15, 0.2) is 5.69 Å². The van der Waals surface area contributed by atoms with E-state index in [9.17, 15) is 9.59 Å². The number of nitrogens with one attached hydrogen (secondary N) is 2. The SMILES string of the molecule is CNC(=O)c1nn(C)cc1NC(=O)c1sc2ccccc2c1Cl. The Kier molecular flexibility index (Phi) is 4.06. The molecule has 8 heteroatoms. The molecule has 3 rings (SSSR count). The molecule has 0 unspecified atom stereocenters. The van der Waals surface area contributed by atoms with Crippen molar-refractivity contribution in [3.8, 4) is 0 Å². The monoisotopic (exact) mass is 348 g/mol. The second kappa shape index (κ2) is 6.02. The van der Waals surface area contributed by atoms with Crippen molar-refractivity contribution in [2.45, 2.75) is 0 Å². The summed E-state index contributed by atoms with van der Waals surface area (Å²) in [5.74, 6) is -0.738. The summed E-state index contributed by atoms with van der Waals surface area (Å²) < 4.78 is 2.40. The quantitative estimate of drug-likeness (QED) is 0.764. The lowest BCUT2D eigenvalue weighted by atomic mass is 10.2. The molecule has 3 aromatic rings. The molecule has 1 aromatic carbocycles. The molecule has 0 aliphatic carbocycles. The molecule has 2 N–H and O–H groups in total. The van der Waals surface area contributed by atoms with Gasteiger partial charge in [-0.05, 0) is 6.07 Å². The topological polar surface area (TPSA) is 76.0 Å². The summed E-state index contributed by atoms with van der Waals surface area (Å²) in [7, 11) is 3.18. The van der Waals surface area contributed by atoms with Gasteiger partial charge in [0.05, 0.1) is 10.7 Å². The fourth-order valence-corrected chi connectivity index (χ4v) is 3.62. The number of aromatic nitrogens is 2. The van der Waals surface area contributed by atoms with Gasteiger partial charge in [-0.2, -0.15) is 5.10 Å². The number of hydrogen-bond donors (Lipinski definition) is 2. The van der Waals surface area contributed by atoms with E-state index in [2.05, 4.69) is 15.7 Å². The van der Waals surface area contributed by atoms with Gasteiger partial charge in [0.25, 0.3) is 11.8 Å². The Morgan fingerprint density at radius 3 is 2.70 bits per heavy atom. The van der Waals surface area contributed by atoms with Crippen molar-refractivity contribution in [2.75, 3.05) is 12.4 Å². The molecule has 2 heterocycles. The summed E-state index contributed by atoms with van der Waals surface area (Å²) in [6.45, 7) is 0. The van der Waals surface area contributed by atoms with Crippen molar-refractivity contribution in [3.63, 3.8) is 0 Å². The Hall–Kier alpha value is -2.38. The van der Waals surface area contributed by atoms with Crippen molar-refractivity contribution in [3.05, 3.63) is 46.1 Å². The van der Waals surface area contributed by atoms with E-state index in [0.717, 1.165) is 10.1 Å². The minimum atomic E-state index is -0.372. The number of amides is 2. The third-order valence-corrected chi connectivity index (χ3v) is 4.93. The third-order valence-electron chi connectivity index (χ3n) is 3.26. The molecule has 0 bridgehead atoms. The first-order valence-corrected chi connectivity index (χ1v) is 7.94. The van der Waals surface area contributed by atoms with Crippen LogP contribution in [0, 0.1) is 0 Å². The highest BCUT2D eigenvalue weighted by atomic mass is 35.5. The van der Waals surface area contributed by atoms with E-state index in [0.29, 0.717) is 15.6 Å². The van der Waals surface area contributed by atoms with Crippen molar-refractivity contribution in [1.29, 1.82) is 0 Å². The smallest absolute Gasteiger partial charge is 0.273 e. The maximum Gasteiger partial charge on any atom is 0.273 e. The average molecular weight is 349 g/mol. The molecule has 0 spiro atoms. The predicted molar refractivity (Wildman–Crippen MR) is 91.4 cm³/mol. The van der Waals surface area contributed by atoms with E-state index < -0.39 is 0 Å². The van der Waals surface area contributed by atoms with E-state index in [-0.39, 0.29) is 17.5 Å². The highest BCUT2D eigenvalue weighted by Crippen LogP contribution is 2.35. The van der Waals surface area contributed by atoms with Gasteiger partial charge in [-0.25, -0.2) is 0 Å². The Balaban J connectivity index is 1.95. The molecular formula is C15H13ClN4O2S. The molecule has 6 nitrogen and oxygen atoms in total. The lowest BCUT2D eigenvalue weighted by molar-refractivity contribution is 0.0958. The molecule has 0 aliphatic heterocycles. The second-order valence-corrected chi connectivity index (χ2v) is 6.27. The van der Waals surface area contributed by atoms with Gasteiger partial charge in [-0.3, -0.25) is 14.3 Å². The van der Waals surface area contributed by atoms with Gasteiger partial charge in [0.2, 0.25) is 0 Å². The lowest BCUT2D eigenvalue weighted by Gasteiger charge is -2.03. The number of halogens is 1. The first-order valence-electron chi connectivity index (χ1n) is 6.75. The maximum atomic E-state index is 12.5. The van der Waals surface area contributed by atoms with Crippen LogP contribution >= 0.6 is 22.9 Å². The highest BCUT2D eigenvalue weighted by molar-refractivity contribution is 7.21. The first kappa shape index (κ1) is 15.5. The summed E-state index contributed by atoms with van der Waals surface area (Å²) >= 11 is 7.61. The Morgan fingerprint density at radius 1 is 1.26 bits per heavy atom. The van der Waals surface area contributed by atoms with Gasteiger partial charge in [-0.1, -0.05) is 29.8 Å². The van der Waals surface area contributed by atoms with E-state index in [1.54, 1.807) is 13.2 Å². The number of aryl methyl sites for hydroxylation is 1. The summed E-state index contributed by atoms with van der Waals surface area (Å²) in [5.41, 5.74) is 0.492. The Morgan fingerprint density at radius 2 is 2.00 bits per heavy atom. The molecule has 0 saturated heterocycles. The molecule has 0 fully saturated rings. The Bertz CT molecular complexity index is 915. The fourth-order valence-electron chi connectivity index (χ4n) is 2.21. The van der Waals surface area contributed by atoms with Gasteiger partial charge >= 0.3 is 0 Å². The minimum absolute atomic E-state index is 0.153. The van der Waals surface area contributed by atoms with E-state index >= 15 is 0 Å². The first-order chi connectivity index (χ1) is 11.0. The van der Waals surface area contributed by atoms with E-state index in [1.807, 2.05) is 24.3 Å². The number of fused-ring (bicyclic) bond motifs is 1. The largest absolute Gasteiger partial charge is 0.354 e. The van der Waals surface area contributed by atoms with E-state index in [4.69, 9.17) is 11.6 Å². The van der Waals surface area contributed by atoms with Crippen molar-refractivity contribution < 1.29 is 9.59 Å². The highest BCUT2D eigenvalue weighted by Gasteiger charge is 2.21. The van der Waals surface area contributed by atoms with Gasteiger partial charge in [0.1, 0.15) is 4.88 Å². The summed E-state index contributed by atoms with van der Waals surface area (Å²) in [5, 5.41) is 10.5. The number of anilines is 1. The number of benzene rings is 1. The molecule has 0 atom stereocenters. The molecule has 23 heavy (non-hydrogen) atoms. The van der Waals surface area contributed by atoms with Crippen LogP contribution in [0.25, 0.3) is 10.1 Å². The van der Waals surface area contributed by atoms with Crippen LogP contribution in [0.3, 0.4) is 0 Å². The predicted octanol–water partition coefficient (Wildman–Crippen LogP) is 2.90. The second-order valence-electron chi connectivity index (χ2n) is 4.84. The summed E-state index contributed by atoms with van der Waals surface area (Å²) in [6.07, 6.45) is 1.57. The number of carbonyl (C=O) groups excluding carboxylic acids is 2. The van der Waals surface area contributed by atoms with Crippen molar-refractivity contribution in [2.24, 2.45) is 7.05 Å². The standard InChI is InChI=1S/C15H13ClN4O2S/c1-17-14(21)12-9(7-20(2)19-12)18-15(22)13-11(16)8-5-3-4-6-10(8)23-13/h3-7H,1-2H3,(H,17,21)(H,18,22). The van der Waals surface area contributed by atoms with Crippen LogP contribution in [0.2, 0.25) is 5.02 Å². The van der Waals surface area contributed by atoms with Gasteiger partial charge in [0, 0.05) is 30.4 Å².